The van der Waals surface area contributed by atoms with Gasteiger partial charge in [-0.2, -0.15) is 9.61 Å². The van der Waals surface area contributed by atoms with Gasteiger partial charge < -0.3 is 4.74 Å². The summed E-state index contributed by atoms with van der Waals surface area (Å²) in [5, 5.41) is 4.21. The van der Waals surface area contributed by atoms with Crippen molar-refractivity contribution in [1.82, 2.24) is 14.6 Å². The molecule has 4 heteroatoms. The van der Waals surface area contributed by atoms with Crippen LogP contribution < -0.4 is 4.74 Å². The maximum Gasteiger partial charge on any atom is 0.217 e. The Morgan fingerprint density at radius 1 is 1.50 bits per heavy atom. The molecule has 0 radical (unpaired) electrons. The van der Waals surface area contributed by atoms with E-state index in [4.69, 9.17) is 4.74 Å². The summed E-state index contributed by atoms with van der Waals surface area (Å²) < 4.78 is 6.78. The molecule has 0 bridgehead atoms. The maximum atomic E-state index is 5.10. The predicted molar refractivity (Wildman–Crippen MR) is 44.3 cm³/mol. The lowest BCUT2D eigenvalue weighted by Crippen LogP contribution is -1.96. The quantitative estimate of drug-likeness (QED) is 0.630. The van der Waals surface area contributed by atoms with E-state index in [0.29, 0.717) is 5.88 Å². The number of methoxy groups -OCH3 is 1. The van der Waals surface area contributed by atoms with Crippen LogP contribution in [0.1, 0.15) is 5.69 Å². The summed E-state index contributed by atoms with van der Waals surface area (Å²) in [6.07, 6.45) is 1.70. The third-order valence-electron chi connectivity index (χ3n) is 1.65. The molecule has 0 aliphatic heterocycles. The van der Waals surface area contributed by atoms with Crippen molar-refractivity contribution in [3.05, 3.63) is 24.0 Å². The molecular weight excluding hydrogens is 154 g/mol. The minimum Gasteiger partial charge on any atom is -0.481 e. The molecule has 2 heterocycles. The lowest BCUT2D eigenvalue weighted by atomic mass is 10.5. The Bertz CT molecular complexity index is 408. The first kappa shape index (κ1) is 7.09. The van der Waals surface area contributed by atoms with Crippen molar-refractivity contribution in [2.75, 3.05) is 7.11 Å². The first-order valence-corrected chi connectivity index (χ1v) is 3.66. The van der Waals surface area contributed by atoms with Gasteiger partial charge in [0.05, 0.1) is 12.8 Å². The Morgan fingerprint density at radius 3 is 3.08 bits per heavy atom. The van der Waals surface area contributed by atoms with Crippen LogP contribution in [0.3, 0.4) is 0 Å². The second-order valence-corrected chi connectivity index (χ2v) is 2.54. The first-order chi connectivity index (χ1) is 5.81. The zero-order chi connectivity index (χ0) is 8.55. The maximum absolute atomic E-state index is 5.10. The topological polar surface area (TPSA) is 39.4 Å². The molecule has 2 aromatic rings. The number of fused-ring (bicyclic) bond motifs is 1. The zero-order valence-electron chi connectivity index (χ0n) is 6.98. The van der Waals surface area contributed by atoms with Crippen LogP contribution >= 0.6 is 0 Å². The molecule has 0 saturated carbocycles. The van der Waals surface area contributed by atoms with Gasteiger partial charge in [-0.05, 0) is 6.92 Å². The van der Waals surface area contributed by atoms with E-state index in [1.54, 1.807) is 23.9 Å². The fraction of sp³-hybridized carbons (Fsp3) is 0.250. The van der Waals surface area contributed by atoms with Crippen molar-refractivity contribution in [3.63, 3.8) is 0 Å². The third kappa shape index (κ3) is 0.922. The van der Waals surface area contributed by atoms with Crippen molar-refractivity contribution in [1.29, 1.82) is 0 Å². The number of aromatic nitrogens is 3. The Morgan fingerprint density at radius 2 is 2.33 bits per heavy atom. The number of hydrogen-bond acceptors (Lipinski definition) is 3. The van der Waals surface area contributed by atoms with E-state index in [1.807, 2.05) is 13.0 Å². The molecule has 0 saturated heterocycles. The first-order valence-electron chi connectivity index (χ1n) is 3.66. The van der Waals surface area contributed by atoms with E-state index in [-0.39, 0.29) is 0 Å². The van der Waals surface area contributed by atoms with E-state index in [9.17, 15) is 0 Å². The molecule has 2 aromatic heterocycles. The molecule has 0 fully saturated rings. The van der Waals surface area contributed by atoms with Crippen LogP contribution in [0.15, 0.2) is 18.3 Å². The fourth-order valence-corrected chi connectivity index (χ4v) is 1.14. The SMILES string of the molecule is COc1ccnc2cc(C)nn12. The molecule has 0 aliphatic rings. The smallest absolute Gasteiger partial charge is 0.217 e. The Balaban J connectivity index is 2.78. The van der Waals surface area contributed by atoms with Crippen molar-refractivity contribution in [3.8, 4) is 5.88 Å². The minimum absolute atomic E-state index is 0.702. The molecule has 0 spiro atoms. The summed E-state index contributed by atoms with van der Waals surface area (Å²) in [4.78, 5) is 4.13. The fourth-order valence-electron chi connectivity index (χ4n) is 1.14. The molecule has 12 heavy (non-hydrogen) atoms. The van der Waals surface area contributed by atoms with E-state index in [2.05, 4.69) is 10.1 Å². The second-order valence-electron chi connectivity index (χ2n) is 2.54. The van der Waals surface area contributed by atoms with Crippen LogP contribution in [0, 0.1) is 6.92 Å². The van der Waals surface area contributed by atoms with Gasteiger partial charge in [-0.3, -0.25) is 0 Å². The van der Waals surface area contributed by atoms with Gasteiger partial charge in [-0.15, -0.1) is 0 Å². The van der Waals surface area contributed by atoms with Crippen LogP contribution in [0.2, 0.25) is 0 Å². The average molecular weight is 163 g/mol. The van der Waals surface area contributed by atoms with Crippen LogP contribution in [0.25, 0.3) is 5.65 Å². The van der Waals surface area contributed by atoms with E-state index in [0.717, 1.165) is 11.3 Å². The molecule has 4 nitrogen and oxygen atoms in total. The second kappa shape index (κ2) is 2.48. The van der Waals surface area contributed by atoms with Crippen LogP contribution in [0.4, 0.5) is 0 Å². The van der Waals surface area contributed by atoms with Gasteiger partial charge >= 0.3 is 0 Å². The van der Waals surface area contributed by atoms with E-state index < -0.39 is 0 Å². The van der Waals surface area contributed by atoms with Gasteiger partial charge in [-0.1, -0.05) is 0 Å². The summed E-state index contributed by atoms with van der Waals surface area (Å²) >= 11 is 0. The largest absolute Gasteiger partial charge is 0.481 e. The highest BCUT2D eigenvalue weighted by Crippen LogP contribution is 2.11. The molecule has 0 atom stereocenters. The van der Waals surface area contributed by atoms with Gasteiger partial charge in [0.25, 0.3) is 0 Å². The molecule has 0 unspecified atom stereocenters. The summed E-state index contributed by atoms with van der Waals surface area (Å²) in [5.41, 5.74) is 1.75. The third-order valence-corrected chi connectivity index (χ3v) is 1.65. The lowest BCUT2D eigenvalue weighted by Gasteiger charge is -2.00. The van der Waals surface area contributed by atoms with Crippen LogP contribution in [0.5, 0.6) is 5.88 Å². The average Bonchev–Trinajstić information content (AvgIpc) is 2.44. The Kier molecular flexibility index (Phi) is 1.46. The van der Waals surface area contributed by atoms with Gasteiger partial charge in [0.15, 0.2) is 5.65 Å². The van der Waals surface area contributed by atoms with Crippen molar-refractivity contribution in [2.24, 2.45) is 0 Å². The molecule has 0 amide bonds. The number of rotatable bonds is 1. The molecular formula is C8H9N3O. The van der Waals surface area contributed by atoms with Crippen molar-refractivity contribution < 1.29 is 4.74 Å². The summed E-state index contributed by atoms with van der Waals surface area (Å²) in [5.74, 6) is 0.702. The molecule has 0 N–H and O–H groups in total. The standard InChI is InChI=1S/C8H9N3O/c1-6-5-7-9-4-3-8(12-2)11(7)10-6/h3-5H,1-2H3. The Labute approximate surface area is 69.8 Å². The number of aryl methyl sites for hydroxylation is 1. The van der Waals surface area contributed by atoms with Crippen LogP contribution in [-0.2, 0) is 0 Å². The Hall–Kier alpha value is -1.58. The van der Waals surface area contributed by atoms with Crippen molar-refractivity contribution in [2.45, 2.75) is 6.92 Å². The minimum atomic E-state index is 0.702. The molecule has 2 rings (SSSR count). The monoisotopic (exact) mass is 163 g/mol. The van der Waals surface area contributed by atoms with Crippen LogP contribution in [-0.4, -0.2) is 21.7 Å². The molecule has 0 aromatic carbocycles. The lowest BCUT2D eigenvalue weighted by molar-refractivity contribution is 0.384. The van der Waals surface area contributed by atoms with Gasteiger partial charge in [-0.25, -0.2) is 4.98 Å². The predicted octanol–water partition coefficient (Wildman–Crippen LogP) is 1.05. The highest BCUT2D eigenvalue weighted by molar-refractivity contribution is 5.41. The zero-order valence-corrected chi connectivity index (χ0v) is 6.98. The summed E-state index contributed by atoms with van der Waals surface area (Å²) in [6.45, 7) is 1.92. The number of nitrogens with zero attached hydrogens (tertiary/aromatic N) is 3. The van der Waals surface area contributed by atoms with Gasteiger partial charge in [0.2, 0.25) is 5.88 Å². The van der Waals surface area contributed by atoms with Gasteiger partial charge in [0.1, 0.15) is 0 Å². The van der Waals surface area contributed by atoms with Crippen molar-refractivity contribution >= 4 is 5.65 Å². The van der Waals surface area contributed by atoms with E-state index >= 15 is 0 Å². The molecule has 0 aliphatic carbocycles. The van der Waals surface area contributed by atoms with E-state index in [1.165, 1.54) is 0 Å². The normalized spacial score (nSPS) is 10.5. The summed E-state index contributed by atoms with van der Waals surface area (Å²) in [7, 11) is 1.62. The highest BCUT2D eigenvalue weighted by Gasteiger charge is 2.02. The molecule has 62 valence electrons. The number of hydrogen-bond donors (Lipinski definition) is 0. The summed E-state index contributed by atoms with van der Waals surface area (Å²) in [6, 6.07) is 3.68. The number of ether oxygens (including phenoxy) is 1. The highest BCUT2D eigenvalue weighted by atomic mass is 16.5. The van der Waals surface area contributed by atoms with Gasteiger partial charge in [0, 0.05) is 18.3 Å².